The number of anilines is 1. The van der Waals surface area contributed by atoms with Crippen molar-refractivity contribution in [3.05, 3.63) is 39.5 Å². The van der Waals surface area contributed by atoms with Crippen LogP contribution in [0.1, 0.15) is 47.5 Å². The molecule has 25 heavy (non-hydrogen) atoms. The number of carbonyl (C=O) groups excluding carboxylic acids is 1. The lowest BCUT2D eigenvalue weighted by Gasteiger charge is -2.17. The number of nitrogens with zero attached hydrogens (tertiary/aromatic N) is 3. The Morgan fingerprint density at radius 2 is 2.40 bits per heavy atom. The smallest absolute Gasteiger partial charge is 0.249 e. The van der Waals surface area contributed by atoms with Gasteiger partial charge in [0.2, 0.25) is 5.91 Å². The third-order valence-electron chi connectivity index (χ3n) is 4.72. The van der Waals surface area contributed by atoms with Crippen LogP contribution in [0.25, 0.3) is 6.08 Å². The minimum absolute atomic E-state index is 0.216. The Balaban J connectivity index is 1.76. The van der Waals surface area contributed by atoms with E-state index in [2.05, 4.69) is 23.4 Å². The molecule has 1 aliphatic rings. The summed E-state index contributed by atoms with van der Waals surface area (Å²) in [4.78, 5) is 13.5. The molecule has 0 spiro atoms. The van der Waals surface area contributed by atoms with Crippen molar-refractivity contribution < 1.29 is 4.79 Å². The molecule has 5 nitrogen and oxygen atoms in total. The van der Waals surface area contributed by atoms with Gasteiger partial charge < -0.3 is 5.32 Å². The van der Waals surface area contributed by atoms with E-state index in [9.17, 15) is 10.1 Å². The van der Waals surface area contributed by atoms with Crippen LogP contribution in [0.4, 0.5) is 5.00 Å². The van der Waals surface area contributed by atoms with Crippen molar-refractivity contribution in [2.45, 2.75) is 46.6 Å². The van der Waals surface area contributed by atoms with E-state index >= 15 is 0 Å². The third-order valence-corrected chi connectivity index (χ3v) is 5.88. The molecule has 1 amide bonds. The molecule has 1 N–H and O–H groups in total. The van der Waals surface area contributed by atoms with Crippen molar-refractivity contribution in [3.8, 4) is 6.07 Å². The van der Waals surface area contributed by atoms with Crippen LogP contribution in [0.3, 0.4) is 0 Å². The minimum atomic E-state index is -0.216. The second kappa shape index (κ2) is 7.24. The predicted molar refractivity (Wildman–Crippen MR) is 101 cm³/mol. The second-order valence-corrected chi connectivity index (χ2v) is 7.60. The SMILES string of the molecule is CCn1ncc(/C=C/C(=O)Nc2sc3c(c2C#N)CCC(C)C3)c1C. The molecule has 0 radical (unpaired) electrons. The summed E-state index contributed by atoms with van der Waals surface area (Å²) in [7, 11) is 0. The standard InChI is InChI=1S/C19H22N4OS/c1-4-23-13(3)14(11-21-23)6-8-18(24)22-19-16(10-20)15-7-5-12(2)9-17(15)25-19/h6,8,11-12H,4-5,7,9H2,1-3H3,(H,22,24)/b8-6+. The summed E-state index contributed by atoms with van der Waals surface area (Å²) in [6, 6.07) is 2.28. The van der Waals surface area contributed by atoms with Crippen LogP contribution >= 0.6 is 11.3 Å². The summed E-state index contributed by atoms with van der Waals surface area (Å²) in [5, 5.41) is 17.3. The largest absolute Gasteiger partial charge is 0.313 e. The Bertz CT molecular complexity index is 869. The molecular weight excluding hydrogens is 332 g/mol. The van der Waals surface area contributed by atoms with Crippen molar-refractivity contribution in [3.63, 3.8) is 0 Å². The summed E-state index contributed by atoms with van der Waals surface area (Å²) in [5.74, 6) is 0.422. The Labute approximate surface area is 152 Å². The van der Waals surface area contributed by atoms with Gasteiger partial charge >= 0.3 is 0 Å². The van der Waals surface area contributed by atoms with E-state index < -0.39 is 0 Å². The van der Waals surface area contributed by atoms with Gasteiger partial charge in [-0.1, -0.05) is 6.92 Å². The van der Waals surface area contributed by atoms with Gasteiger partial charge in [0.25, 0.3) is 0 Å². The van der Waals surface area contributed by atoms with Crippen molar-refractivity contribution in [1.29, 1.82) is 5.26 Å². The van der Waals surface area contributed by atoms with Crippen molar-refractivity contribution in [2.24, 2.45) is 5.92 Å². The summed E-state index contributed by atoms with van der Waals surface area (Å²) >= 11 is 1.55. The normalized spacial score (nSPS) is 16.6. The summed E-state index contributed by atoms with van der Waals surface area (Å²) in [6.07, 6.45) is 8.06. The molecule has 1 aliphatic carbocycles. The van der Waals surface area contributed by atoms with Crippen LogP contribution in [0.15, 0.2) is 12.3 Å². The molecule has 0 aromatic carbocycles. The van der Waals surface area contributed by atoms with Crippen LogP contribution in [0.5, 0.6) is 0 Å². The number of hydrogen-bond acceptors (Lipinski definition) is 4. The number of nitrogens with one attached hydrogen (secondary N) is 1. The van der Waals surface area contributed by atoms with Crippen LogP contribution in [-0.2, 0) is 24.2 Å². The summed E-state index contributed by atoms with van der Waals surface area (Å²) in [6.45, 7) is 7.05. The minimum Gasteiger partial charge on any atom is -0.313 e. The molecule has 1 unspecified atom stereocenters. The van der Waals surface area contributed by atoms with E-state index in [0.29, 0.717) is 16.5 Å². The highest BCUT2D eigenvalue weighted by Crippen LogP contribution is 2.39. The quantitative estimate of drug-likeness (QED) is 0.846. The van der Waals surface area contributed by atoms with Crippen LogP contribution in [0, 0.1) is 24.2 Å². The Morgan fingerprint density at radius 3 is 3.08 bits per heavy atom. The fourth-order valence-corrected chi connectivity index (χ4v) is 4.58. The lowest BCUT2D eigenvalue weighted by atomic mass is 9.89. The first-order valence-electron chi connectivity index (χ1n) is 8.59. The molecule has 0 saturated heterocycles. The number of amides is 1. The van der Waals surface area contributed by atoms with Crippen molar-refractivity contribution in [2.75, 3.05) is 5.32 Å². The number of thiophene rings is 1. The fraction of sp³-hybridized carbons (Fsp3) is 0.421. The zero-order valence-corrected chi connectivity index (χ0v) is 15.6. The van der Waals surface area contributed by atoms with Gasteiger partial charge in [0.1, 0.15) is 11.1 Å². The molecule has 1 atom stereocenters. The molecular formula is C19H22N4OS. The van der Waals surface area contributed by atoms with Gasteiger partial charge in [-0.05, 0) is 50.7 Å². The predicted octanol–water partition coefficient (Wildman–Crippen LogP) is 3.92. The first kappa shape index (κ1) is 17.4. The number of nitriles is 1. The van der Waals surface area contributed by atoms with E-state index in [-0.39, 0.29) is 5.91 Å². The summed E-state index contributed by atoms with van der Waals surface area (Å²) < 4.78 is 1.89. The average molecular weight is 354 g/mol. The second-order valence-electron chi connectivity index (χ2n) is 6.49. The molecule has 2 aromatic heterocycles. The molecule has 130 valence electrons. The third kappa shape index (κ3) is 3.52. The number of fused-ring (bicyclic) bond motifs is 1. The van der Waals surface area contributed by atoms with E-state index in [1.165, 1.54) is 11.0 Å². The van der Waals surface area contributed by atoms with Gasteiger partial charge in [-0.15, -0.1) is 11.3 Å². The molecule has 2 heterocycles. The molecule has 0 bridgehead atoms. The Kier molecular flexibility index (Phi) is 5.05. The maximum atomic E-state index is 12.3. The Hall–Kier alpha value is -2.39. The van der Waals surface area contributed by atoms with Crippen LogP contribution in [0.2, 0.25) is 0 Å². The molecule has 3 rings (SSSR count). The lowest BCUT2D eigenvalue weighted by Crippen LogP contribution is -2.10. The van der Waals surface area contributed by atoms with Crippen molar-refractivity contribution >= 4 is 28.3 Å². The number of carbonyl (C=O) groups is 1. The van der Waals surface area contributed by atoms with Gasteiger partial charge in [-0.2, -0.15) is 10.4 Å². The van der Waals surface area contributed by atoms with E-state index in [4.69, 9.17) is 0 Å². The molecule has 6 heteroatoms. The summed E-state index contributed by atoms with van der Waals surface area (Å²) in [5.41, 5.74) is 3.73. The van der Waals surface area contributed by atoms with Crippen LogP contribution < -0.4 is 5.32 Å². The van der Waals surface area contributed by atoms with Gasteiger partial charge in [-0.25, -0.2) is 0 Å². The molecule has 0 aliphatic heterocycles. The van der Waals surface area contributed by atoms with Gasteiger partial charge in [0, 0.05) is 28.8 Å². The number of hydrogen-bond donors (Lipinski definition) is 1. The molecule has 2 aromatic rings. The van der Waals surface area contributed by atoms with Crippen LogP contribution in [-0.4, -0.2) is 15.7 Å². The monoisotopic (exact) mass is 354 g/mol. The number of rotatable bonds is 4. The lowest BCUT2D eigenvalue weighted by molar-refractivity contribution is -0.111. The average Bonchev–Trinajstić information content (AvgIpc) is 3.11. The fourth-order valence-electron chi connectivity index (χ4n) is 3.22. The Morgan fingerprint density at radius 1 is 1.60 bits per heavy atom. The van der Waals surface area contributed by atoms with E-state index in [1.54, 1.807) is 23.6 Å². The van der Waals surface area contributed by atoms with E-state index in [0.717, 1.165) is 42.6 Å². The van der Waals surface area contributed by atoms with Gasteiger partial charge in [0.05, 0.1) is 11.8 Å². The zero-order valence-electron chi connectivity index (χ0n) is 14.8. The number of aromatic nitrogens is 2. The van der Waals surface area contributed by atoms with E-state index in [1.807, 2.05) is 18.5 Å². The van der Waals surface area contributed by atoms with Crippen molar-refractivity contribution in [1.82, 2.24) is 9.78 Å². The first-order valence-corrected chi connectivity index (χ1v) is 9.41. The highest BCUT2D eigenvalue weighted by molar-refractivity contribution is 7.16. The number of aryl methyl sites for hydroxylation is 1. The highest BCUT2D eigenvalue weighted by atomic mass is 32.1. The topological polar surface area (TPSA) is 70.7 Å². The molecule has 0 fully saturated rings. The highest BCUT2D eigenvalue weighted by Gasteiger charge is 2.24. The van der Waals surface area contributed by atoms with Gasteiger partial charge in [-0.3, -0.25) is 9.48 Å². The van der Waals surface area contributed by atoms with Gasteiger partial charge in [0.15, 0.2) is 0 Å². The maximum absolute atomic E-state index is 12.3. The zero-order chi connectivity index (χ0) is 18.0. The maximum Gasteiger partial charge on any atom is 0.249 e. The first-order chi connectivity index (χ1) is 12.0. The molecule has 0 saturated carbocycles.